The van der Waals surface area contributed by atoms with Gasteiger partial charge in [0.15, 0.2) is 5.73 Å². The molecule has 3 aliphatic rings. The lowest BCUT2D eigenvalue weighted by molar-refractivity contribution is -0.0930. The SMILES string of the molecule is CCO[Si](OCC)(OCC)C(OCC1CO1)C(CCCOCC1CO1)OCC1CO1. The molecule has 5 atom stereocenters. The Morgan fingerprint density at radius 2 is 1.27 bits per heavy atom. The van der Waals surface area contributed by atoms with E-state index in [1.807, 2.05) is 20.8 Å². The minimum atomic E-state index is -3.16. The van der Waals surface area contributed by atoms with Crippen LogP contribution in [0.1, 0.15) is 33.6 Å². The monoisotopic (exact) mass is 450 g/mol. The fraction of sp³-hybridized carbons (Fsp3) is 1.00. The molecule has 9 nitrogen and oxygen atoms in total. The summed E-state index contributed by atoms with van der Waals surface area (Å²) in [6.45, 7) is 11.8. The van der Waals surface area contributed by atoms with Gasteiger partial charge in [0.2, 0.25) is 0 Å². The van der Waals surface area contributed by atoms with Crippen molar-refractivity contribution in [2.75, 3.05) is 66.1 Å². The van der Waals surface area contributed by atoms with Crippen molar-refractivity contribution in [2.45, 2.75) is 63.8 Å². The molecule has 0 aromatic carbocycles. The summed E-state index contributed by atoms with van der Waals surface area (Å²) in [4.78, 5) is 0. The van der Waals surface area contributed by atoms with Gasteiger partial charge in [-0.25, -0.2) is 0 Å². The van der Waals surface area contributed by atoms with Crippen LogP contribution >= 0.6 is 0 Å². The van der Waals surface area contributed by atoms with Gasteiger partial charge in [-0.05, 0) is 33.6 Å². The lowest BCUT2D eigenvalue weighted by atomic mass is 10.2. The lowest BCUT2D eigenvalue weighted by Crippen LogP contribution is -2.62. The maximum absolute atomic E-state index is 6.34. The normalized spacial score (nSPS) is 27.1. The fourth-order valence-corrected chi connectivity index (χ4v) is 6.24. The van der Waals surface area contributed by atoms with Gasteiger partial charge in [0, 0.05) is 26.4 Å². The van der Waals surface area contributed by atoms with E-state index >= 15 is 0 Å². The van der Waals surface area contributed by atoms with E-state index in [4.69, 9.17) is 41.7 Å². The second kappa shape index (κ2) is 12.8. The largest absolute Gasteiger partial charge is 0.534 e. The Balaban J connectivity index is 1.66. The molecule has 3 heterocycles. The van der Waals surface area contributed by atoms with E-state index in [0.29, 0.717) is 46.2 Å². The Labute approximate surface area is 180 Å². The van der Waals surface area contributed by atoms with Crippen LogP contribution in [0.5, 0.6) is 0 Å². The maximum Gasteiger partial charge on any atom is 0.534 e. The van der Waals surface area contributed by atoms with Crippen LogP contribution in [0.25, 0.3) is 0 Å². The Kier molecular flexibility index (Phi) is 10.4. The first-order valence-corrected chi connectivity index (χ1v) is 13.1. The molecule has 3 rings (SSSR count). The van der Waals surface area contributed by atoms with Gasteiger partial charge >= 0.3 is 8.80 Å². The summed E-state index contributed by atoms with van der Waals surface area (Å²) in [5.41, 5.74) is -0.438. The smallest absolute Gasteiger partial charge is 0.379 e. The van der Waals surface area contributed by atoms with Crippen LogP contribution in [0.3, 0.4) is 0 Å². The molecule has 5 unspecified atom stereocenters. The van der Waals surface area contributed by atoms with Crippen LogP contribution in [-0.2, 0) is 41.7 Å². The van der Waals surface area contributed by atoms with Gasteiger partial charge in [-0.2, -0.15) is 0 Å². The fourth-order valence-electron chi connectivity index (χ4n) is 3.27. The third-order valence-electron chi connectivity index (χ3n) is 4.97. The van der Waals surface area contributed by atoms with Gasteiger partial charge in [-0.3, -0.25) is 0 Å². The molecule has 10 heteroatoms. The van der Waals surface area contributed by atoms with Crippen LogP contribution in [0.4, 0.5) is 0 Å². The van der Waals surface area contributed by atoms with E-state index in [0.717, 1.165) is 32.7 Å². The summed E-state index contributed by atoms with van der Waals surface area (Å²) in [6.07, 6.45) is 1.88. The molecule has 30 heavy (non-hydrogen) atoms. The Morgan fingerprint density at radius 3 is 1.77 bits per heavy atom. The molecule has 3 saturated heterocycles. The standard InChI is InChI=1S/C20H38O9Si/c1-4-27-30(28-5-2,29-6-3)20(26-15-18-13-24-18)19(25-14-17-12-23-17)8-7-9-21-10-16-11-22-16/h16-20H,4-15H2,1-3H3. The molecule has 0 saturated carbocycles. The first kappa shape index (κ1) is 24.5. The highest BCUT2D eigenvalue weighted by atomic mass is 28.4. The molecule has 0 radical (unpaired) electrons. The summed E-state index contributed by atoms with van der Waals surface area (Å²) in [5.74, 6) is 0. The number of hydrogen-bond donors (Lipinski definition) is 0. The molecule has 176 valence electrons. The second-order valence-electron chi connectivity index (χ2n) is 7.61. The molecular weight excluding hydrogens is 412 g/mol. The van der Waals surface area contributed by atoms with Gasteiger partial charge in [-0.15, -0.1) is 0 Å². The zero-order chi connectivity index (χ0) is 21.2. The first-order chi connectivity index (χ1) is 14.7. The van der Waals surface area contributed by atoms with Crippen molar-refractivity contribution in [1.82, 2.24) is 0 Å². The zero-order valence-corrected chi connectivity index (χ0v) is 19.5. The minimum absolute atomic E-state index is 0.123. The van der Waals surface area contributed by atoms with Crippen molar-refractivity contribution in [1.29, 1.82) is 0 Å². The first-order valence-electron chi connectivity index (χ1n) is 11.3. The van der Waals surface area contributed by atoms with E-state index in [2.05, 4.69) is 0 Å². The van der Waals surface area contributed by atoms with E-state index < -0.39 is 14.5 Å². The zero-order valence-electron chi connectivity index (χ0n) is 18.5. The molecular formula is C20H38O9Si. The third kappa shape index (κ3) is 8.42. The van der Waals surface area contributed by atoms with Gasteiger partial charge < -0.3 is 41.7 Å². The predicted octanol–water partition coefficient (Wildman–Crippen LogP) is 1.34. The topological polar surface area (TPSA) is 93.0 Å². The highest BCUT2D eigenvalue weighted by Gasteiger charge is 2.55. The van der Waals surface area contributed by atoms with E-state index in [9.17, 15) is 0 Å². The summed E-state index contributed by atoms with van der Waals surface area (Å²) in [5, 5.41) is 0. The molecule has 0 bridgehead atoms. The highest BCUT2D eigenvalue weighted by Crippen LogP contribution is 2.27. The van der Waals surface area contributed by atoms with Crippen LogP contribution < -0.4 is 0 Å². The molecule has 0 N–H and O–H groups in total. The Bertz CT molecular complexity index is 454. The van der Waals surface area contributed by atoms with E-state index in [1.165, 1.54) is 0 Å². The van der Waals surface area contributed by atoms with Gasteiger partial charge in [0.25, 0.3) is 0 Å². The van der Waals surface area contributed by atoms with Gasteiger partial charge in [0.05, 0.1) is 45.7 Å². The summed E-state index contributed by atoms with van der Waals surface area (Å²) in [7, 11) is -3.16. The molecule has 3 aliphatic heterocycles. The number of rotatable bonds is 20. The Hall–Kier alpha value is -0.143. The van der Waals surface area contributed by atoms with Gasteiger partial charge in [-0.1, -0.05) is 0 Å². The summed E-state index contributed by atoms with van der Waals surface area (Å²) < 4.78 is 52.7. The lowest BCUT2D eigenvalue weighted by Gasteiger charge is -2.38. The van der Waals surface area contributed by atoms with E-state index in [1.54, 1.807) is 0 Å². The van der Waals surface area contributed by atoms with Crippen LogP contribution in [-0.4, -0.2) is 105 Å². The van der Waals surface area contributed by atoms with Crippen LogP contribution in [0.15, 0.2) is 0 Å². The number of hydrogen-bond acceptors (Lipinski definition) is 9. The van der Waals surface area contributed by atoms with Crippen molar-refractivity contribution in [3.8, 4) is 0 Å². The highest BCUT2D eigenvalue weighted by molar-refractivity contribution is 6.62. The molecule has 0 spiro atoms. The number of epoxide rings is 3. The minimum Gasteiger partial charge on any atom is -0.379 e. The van der Waals surface area contributed by atoms with Crippen molar-refractivity contribution in [2.24, 2.45) is 0 Å². The van der Waals surface area contributed by atoms with Crippen LogP contribution in [0.2, 0.25) is 0 Å². The number of ether oxygens (including phenoxy) is 6. The predicted molar refractivity (Wildman–Crippen MR) is 109 cm³/mol. The van der Waals surface area contributed by atoms with Crippen molar-refractivity contribution >= 4 is 8.80 Å². The van der Waals surface area contributed by atoms with Gasteiger partial charge in [0.1, 0.15) is 18.3 Å². The Morgan fingerprint density at radius 1 is 0.767 bits per heavy atom. The molecule has 0 aromatic rings. The van der Waals surface area contributed by atoms with Crippen molar-refractivity contribution in [3.63, 3.8) is 0 Å². The molecule has 0 amide bonds. The third-order valence-corrected chi connectivity index (χ3v) is 8.28. The average Bonchev–Trinajstić information content (AvgIpc) is 3.57. The average molecular weight is 451 g/mol. The summed E-state index contributed by atoms with van der Waals surface area (Å²) >= 11 is 0. The van der Waals surface area contributed by atoms with Crippen molar-refractivity contribution in [3.05, 3.63) is 0 Å². The maximum atomic E-state index is 6.34. The van der Waals surface area contributed by atoms with Crippen molar-refractivity contribution < 1.29 is 41.7 Å². The molecule has 3 fully saturated rings. The molecule has 0 aromatic heterocycles. The summed E-state index contributed by atoms with van der Waals surface area (Å²) in [6, 6.07) is 0. The van der Waals surface area contributed by atoms with Crippen LogP contribution in [0, 0.1) is 0 Å². The second-order valence-corrected chi connectivity index (χ2v) is 10.3. The molecule has 0 aliphatic carbocycles. The quantitative estimate of drug-likeness (QED) is 0.155. The van der Waals surface area contributed by atoms with E-state index in [-0.39, 0.29) is 24.4 Å².